The van der Waals surface area contributed by atoms with E-state index in [0.29, 0.717) is 17.9 Å². The smallest absolute Gasteiger partial charge is 0.255 e. The van der Waals surface area contributed by atoms with Crippen LogP contribution >= 0.6 is 12.4 Å². The number of hydrogen-bond donors (Lipinski definition) is 2. The molecule has 2 aromatic rings. The van der Waals surface area contributed by atoms with Crippen LogP contribution in [0.3, 0.4) is 0 Å². The molecule has 0 aromatic heterocycles. The van der Waals surface area contributed by atoms with Crippen molar-refractivity contribution in [2.75, 3.05) is 17.7 Å². The highest BCUT2D eigenvalue weighted by Crippen LogP contribution is 2.39. The number of carbonyl (C=O) groups is 1. The molecule has 2 aromatic carbocycles. The Morgan fingerprint density at radius 1 is 1.23 bits per heavy atom. The Hall–Kier alpha value is -2.20. The van der Waals surface area contributed by atoms with Crippen molar-refractivity contribution in [2.45, 2.75) is 19.3 Å². The van der Waals surface area contributed by atoms with Crippen LogP contribution in [0.25, 0.3) is 0 Å². The van der Waals surface area contributed by atoms with E-state index in [1.807, 2.05) is 18.2 Å². The minimum Gasteiger partial charge on any atom is -0.492 e. The van der Waals surface area contributed by atoms with Gasteiger partial charge in [-0.2, -0.15) is 0 Å². The molecule has 0 atom stereocenters. The predicted octanol–water partition coefficient (Wildman–Crippen LogP) is 3.61. The number of nitrogens with two attached hydrogens (primary N) is 1. The number of ether oxygens (including phenoxy) is 1. The van der Waals surface area contributed by atoms with E-state index >= 15 is 0 Å². The normalized spacial score (nSPS) is 14.5. The van der Waals surface area contributed by atoms with E-state index < -0.39 is 0 Å². The van der Waals surface area contributed by atoms with Crippen molar-refractivity contribution in [3.05, 3.63) is 53.6 Å². The Morgan fingerprint density at radius 3 is 2.73 bits per heavy atom. The number of nitrogen functional groups attached to an aromatic ring is 1. The Bertz CT molecular complexity index is 714. The van der Waals surface area contributed by atoms with Crippen molar-refractivity contribution in [3.8, 4) is 5.75 Å². The number of hydrogen-bond acceptors (Lipinski definition) is 3. The lowest BCUT2D eigenvalue weighted by Gasteiger charge is -2.15. The fraction of sp³-hybridized carbons (Fsp3) is 0.235. The molecule has 0 fully saturated rings. The summed E-state index contributed by atoms with van der Waals surface area (Å²) in [7, 11) is 0. The van der Waals surface area contributed by atoms with Gasteiger partial charge in [0.2, 0.25) is 0 Å². The summed E-state index contributed by atoms with van der Waals surface area (Å²) in [6.45, 7) is 4.95. The number of carbonyl (C=O) groups excluding carboxylic acids is 1. The minimum absolute atomic E-state index is 0. The molecular weight excluding hydrogens is 300 g/mol. The average Bonchev–Trinajstić information content (AvgIpc) is 2.74. The van der Waals surface area contributed by atoms with Crippen LogP contribution in [0.1, 0.15) is 29.8 Å². The first-order chi connectivity index (χ1) is 9.95. The lowest BCUT2D eigenvalue weighted by molar-refractivity contribution is 0.102. The number of anilines is 2. The molecule has 0 saturated heterocycles. The second-order valence-electron chi connectivity index (χ2n) is 5.96. The largest absolute Gasteiger partial charge is 0.492 e. The van der Waals surface area contributed by atoms with Gasteiger partial charge in [-0.25, -0.2) is 0 Å². The third-order valence-corrected chi connectivity index (χ3v) is 3.71. The SMILES string of the molecule is CC1(C)COc2cc(NC(=O)c3cccc(N)c3)ccc21.Cl. The van der Waals surface area contributed by atoms with E-state index in [1.165, 1.54) is 5.56 Å². The average molecular weight is 319 g/mol. The number of rotatable bonds is 2. The molecule has 1 heterocycles. The van der Waals surface area contributed by atoms with Gasteiger partial charge in [-0.05, 0) is 24.3 Å². The number of fused-ring (bicyclic) bond motifs is 1. The maximum absolute atomic E-state index is 12.2. The first-order valence-electron chi connectivity index (χ1n) is 6.90. The molecule has 0 aliphatic carbocycles. The van der Waals surface area contributed by atoms with Crippen molar-refractivity contribution < 1.29 is 9.53 Å². The first-order valence-corrected chi connectivity index (χ1v) is 6.90. The van der Waals surface area contributed by atoms with E-state index in [0.717, 1.165) is 11.4 Å². The molecule has 5 heteroatoms. The van der Waals surface area contributed by atoms with E-state index in [2.05, 4.69) is 19.2 Å². The quantitative estimate of drug-likeness (QED) is 0.831. The van der Waals surface area contributed by atoms with Crippen molar-refractivity contribution in [1.82, 2.24) is 0 Å². The first kappa shape index (κ1) is 16.2. The fourth-order valence-electron chi connectivity index (χ4n) is 2.50. The van der Waals surface area contributed by atoms with E-state index in [1.54, 1.807) is 24.3 Å². The highest BCUT2D eigenvalue weighted by Gasteiger charge is 2.31. The Morgan fingerprint density at radius 2 is 2.00 bits per heavy atom. The van der Waals surface area contributed by atoms with Crippen LogP contribution in [-0.4, -0.2) is 12.5 Å². The van der Waals surface area contributed by atoms with Gasteiger partial charge in [0.05, 0.1) is 6.61 Å². The van der Waals surface area contributed by atoms with Crippen molar-refractivity contribution in [1.29, 1.82) is 0 Å². The summed E-state index contributed by atoms with van der Waals surface area (Å²) in [4.78, 5) is 12.2. The zero-order valence-corrected chi connectivity index (χ0v) is 13.4. The van der Waals surface area contributed by atoms with Gasteiger partial charge in [-0.1, -0.05) is 26.0 Å². The Balaban J connectivity index is 0.00000176. The predicted molar refractivity (Wildman–Crippen MR) is 91.0 cm³/mol. The van der Waals surface area contributed by atoms with Gasteiger partial charge in [-0.3, -0.25) is 4.79 Å². The van der Waals surface area contributed by atoms with Crippen LogP contribution in [0.2, 0.25) is 0 Å². The van der Waals surface area contributed by atoms with Gasteiger partial charge in [-0.15, -0.1) is 12.4 Å². The zero-order valence-electron chi connectivity index (χ0n) is 12.6. The summed E-state index contributed by atoms with van der Waals surface area (Å²) in [5.74, 6) is 0.657. The fourth-order valence-corrected chi connectivity index (χ4v) is 2.50. The lowest BCUT2D eigenvalue weighted by atomic mass is 9.87. The number of amides is 1. The summed E-state index contributed by atoms with van der Waals surface area (Å²) in [6.07, 6.45) is 0. The number of halogens is 1. The van der Waals surface area contributed by atoms with Gasteiger partial charge < -0.3 is 15.8 Å². The highest BCUT2D eigenvalue weighted by molar-refractivity contribution is 6.04. The second-order valence-corrected chi connectivity index (χ2v) is 5.96. The third-order valence-electron chi connectivity index (χ3n) is 3.71. The van der Waals surface area contributed by atoms with Gasteiger partial charge in [0.15, 0.2) is 0 Å². The van der Waals surface area contributed by atoms with Crippen LogP contribution < -0.4 is 15.8 Å². The highest BCUT2D eigenvalue weighted by atomic mass is 35.5. The standard InChI is InChI=1S/C17H18N2O2.ClH/c1-17(2)10-21-15-9-13(6-7-14(15)17)19-16(20)11-4-3-5-12(18)8-11;/h3-9H,10,18H2,1-2H3,(H,19,20);1H. The van der Waals surface area contributed by atoms with Crippen LogP contribution in [0.5, 0.6) is 5.75 Å². The maximum atomic E-state index is 12.2. The van der Waals surface area contributed by atoms with Crippen LogP contribution in [0.15, 0.2) is 42.5 Å². The molecule has 22 heavy (non-hydrogen) atoms. The molecule has 1 aliphatic heterocycles. The molecular formula is C17H19ClN2O2. The lowest BCUT2D eigenvalue weighted by Crippen LogP contribution is -2.18. The van der Waals surface area contributed by atoms with Crippen molar-refractivity contribution in [3.63, 3.8) is 0 Å². The minimum atomic E-state index is -0.181. The topological polar surface area (TPSA) is 64.3 Å². The van der Waals surface area contributed by atoms with Crippen molar-refractivity contribution >= 4 is 29.7 Å². The van der Waals surface area contributed by atoms with Crippen molar-refractivity contribution in [2.24, 2.45) is 0 Å². The molecule has 3 rings (SSSR count). The second kappa shape index (κ2) is 5.89. The number of benzene rings is 2. The molecule has 0 saturated carbocycles. The monoisotopic (exact) mass is 318 g/mol. The van der Waals surface area contributed by atoms with Gasteiger partial charge in [0, 0.05) is 34.0 Å². The van der Waals surface area contributed by atoms with E-state index in [9.17, 15) is 4.79 Å². The third kappa shape index (κ3) is 3.02. The molecule has 0 unspecified atom stereocenters. The molecule has 0 spiro atoms. The molecule has 1 amide bonds. The molecule has 0 radical (unpaired) electrons. The van der Waals surface area contributed by atoms with Crippen LogP contribution in [-0.2, 0) is 5.41 Å². The van der Waals surface area contributed by atoms with Crippen LogP contribution in [0, 0.1) is 0 Å². The van der Waals surface area contributed by atoms with E-state index in [4.69, 9.17) is 10.5 Å². The van der Waals surface area contributed by atoms with E-state index in [-0.39, 0.29) is 23.7 Å². The summed E-state index contributed by atoms with van der Waals surface area (Å²) in [5, 5.41) is 2.87. The molecule has 3 N–H and O–H groups in total. The zero-order chi connectivity index (χ0) is 15.0. The van der Waals surface area contributed by atoms with Gasteiger partial charge in [0.25, 0.3) is 5.91 Å². The summed E-state index contributed by atoms with van der Waals surface area (Å²) >= 11 is 0. The molecule has 0 bridgehead atoms. The summed E-state index contributed by atoms with van der Waals surface area (Å²) in [6, 6.07) is 12.7. The molecule has 116 valence electrons. The molecule has 1 aliphatic rings. The maximum Gasteiger partial charge on any atom is 0.255 e. The molecule has 4 nitrogen and oxygen atoms in total. The van der Waals surface area contributed by atoms with Gasteiger partial charge in [0.1, 0.15) is 5.75 Å². The number of nitrogens with one attached hydrogen (secondary N) is 1. The summed E-state index contributed by atoms with van der Waals surface area (Å²) < 4.78 is 5.69. The van der Waals surface area contributed by atoms with Crippen LogP contribution in [0.4, 0.5) is 11.4 Å². The van der Waals surface area contributed by atoms with Gasteiger partial charge >= 0.3 is 0 Å². The Labute approximate surface area is 136 Å². The Kier molecular flexibility index (Phi) is 4.33. The summed E-state index contributed by atoms with van der Waals surface area (Å²) in [5.41, 5.74) is 8.71.